The Morgan fingerprint density at radius 2 is 1.80 bits per heavy atom. The average Bonchev–Trinajstić information content (AvgIpc) is 3.35. The third-order valence-corrected chi connectivity index (χ3v) is 6.43. The fourth-order valence-electron chi connectivity index (χ4n) is 4.42. The van der Waals surface area contributed by atoms with Crippen molar-refractivity contribution in [2.75, 3.05) is 30.4 Å². The number of methoxy groups -OCH3 is 1. The predicted molar refractivity (Wildman–Crippen MR) is 139 cm³/mol. The van der Waals surface area contributed by atoms with E-state index < -0.39 is 0 Å². The van der Waals surface area contributed by atoms with Crippen LogP contribution in [0.3, 0.4) is 0 Å². The number of hydrogen-bond acceptors (Lipinski definition) is 6. The fraction of sp³-hybridized carbons (Fsp3) is 0.214. The number of pyridine rings is 1. The molecule has 35 heavy (non-hydrogen) atoms. The van der Waals surface area contributed by atoms with Crippen LogP contribution in [0.25, 0.3) is 10.9 Å². The lowest BCUT2D eigenvalue weighted by atomic mass is 10.1. The van der Waals surface area contributed by atoms with Gasteiger partial charge in [0, 0.05) is 29.9 Å². The maximum absolute atomic E-state index is 10.2. The van der Waals surface area contributed by atoms with Crippen molar-refractivity contribution in [2.45, 2.75) is 19.1 Å². The van der Waals surface area contributed by atoms with E-state index in [-0.39, 0.29) is 6.10 Å². The summed E-state index contributed by atoms with van der Waals surface area (Å²) in [7, 11) is 1.65. The van der Waals surface area contributed by atoms with Gasteiger partial charge in [-0.15, -0.1) is 0 Å². The highest BCUT2D eigenvalue weighted by Gasteiger charge is 2.29. The molecule has 0 amide bonds. The number of nitrogens with one attached hydrogen (secondary N) is 1. The molecule has 3 aromatic carbocycles. The van der Waals surface area contributed by atoms with Crippen molar-refractivity contribution in [1.82, 2.24) is 4.98 Å². The Balaban J connectivity index is 1.42. The predicted octanol–water partition coefficient (Wildman–Crippen LogP) is 6.04. The normalized spacial score (nSPS) is 15.1. The summed E-state index contributed by atoms with van der Waals surface area (Å²) in [6.45, 7) is 2.02. The van der Waals surface area contributed by atoms with Crippen molar-refractivity contribution < 1.29 is 9.47 Å². The van der Waals surface area contributed by atoms with Crippen molar-refractivity contribution in [3.05, 3.63) is 88.9 Å². The van der Waals surface area contributed by atoms with Crippen LogP contribution in [0.5, 0.6) is 11.5 Å². The lowest BCUT2D eigenvalue weighted by Crippen LogP contribution is -2.26. The van der Waals surface area contributed by atoms with E-state index in [1.165, 1.54) is 0 Å². The molecule has 176 valence electrons. The van der Waals surface area contributed by atoms with Crippen LogP contribution in [0.15, 0.2) is 72.8 Å². The zero-order valence-corrected chi connectivity index (χ0v) is 20.1. The summed E-state index contributed by atoms with van der Waals surface area (Å²) in [5.41, 5.74) is 3.35. The molecule has 1 aliphatic rings. The number of para-hydroxylation sites is 1. The summed E-state index contributed by atoms with van der Waals surface area (Å²) in [6, 6.07) is 25.6. The molecule has 2 heterocycles. The Morgan fingerprint density at radius 3 is 2.54 bits per heavy atom. The molecule has 1 fully saturated rings. The Bertz CT molecular complexity index is 1370. The SMILES string of the molecule is COc1ccc(OC2CCN(c3c(C#N)c(NCc4ccc(Cl)cc4)nc4ccccc34)C2)cc1. The summed E-state index contributed by atoms with van der Waals surface area (Å²) in [6.07, 6.45) is 0.883. The van der Waals surface area contributed by atoms with E-state index in [9.17, 15) is 5.26 Å². The van der Waals surface area contributed by atoms with Crippen molar-refractivity contribution >= 4 is 34.0 Å². The topological polar surface area (TPSA) is 70.4 Å². The number of hydrogen-bond donors (Lipinski definition) is 1. The average molecular weight is 485 g/mol. The van der Waals surface area contributed by atoms with Crippen LogP contribution in [-0.2, 0) is 6.54 Å². The van der Waals surface area contributed by atoms with E-state index >= 15 is 0 Å². The Morgan fingerprint density at radius 1 is 1.06 bits per heavy atom. The van der Waals surface area contributed by atoms with Crippen LogP contribution < -0.4 is 19.7 Å². The number of fused-ring (bicyclic) bond motifs is 1. The molecule has 0 aliphatic carbocycles. The van der Waals surface area contributed by atoms with Gasteiger partial charge >= 0.3 is 0 Å². The van der Waals surface area contributed by atoms with Crippen LogP contribution in [0.4, 0.5) is 11.5 Å². The second-order valence-corrected chi connectivity index (χ2v) is 8.88. The van der Waals surface area contributed by atoms with Crippen LogP contribution in [0.1, 0.15) is 17.5 Å². The van der Waals surface area contributed by atoms with Gasteiger partial charge in [-0.05, 0) is 48.0 Å². The first-order valence-corrected chi connectivity index (χ1v) is 11.9. The van der Waals surface area contributed by atoms with Crippen LogP contribution in [0, 0.1) is 11.3 Å². The van der Waals surface area contributed by atoms with Crippen LogP contribution in [0.2, 0.25) is 5.02 Å². The number of anilines is 2. The van der Waals surface area contributed by atoms with Crippen LogP contribution in [-0.4, -0.2) is 31.3 Å². The van der Waals surface area contributed by atoms with Crippen molar-refractivity contribution in [1.29, 1.82) is 5.26 Å². The minimum Gasteiger partial charge on any atom is -0.497 e. The number of ether oxygens (including phenoxy) is 2. The van der Waals surface area contributed by atoms with Gasteiger partial charge in [-0.2, -0.15) is 5.26 Å². The van der Waals surface area contributed by atoms with Gasteiger partial charge < -0.3 is 19.7 Å². The molecule has 0 saturated carbocycles. The van der Waals surface area contributed by atoms with Gasteiger partial charge in [0.25, 0.3) is 0 Å². The molecule has 6 nitrogen and oxygen atoms in total. The minimum absolute atomic E-state index is 0.0207. The maximum atomic E-state index is 10.2. The van der Waals surface area contributed by atoms with Crippen molar-refractivity contribution in [3.63, 3.8) is 0 Å². The van der Waals surface area contributed by atoms with Gasteiger partial charge in [0.15, 0.2) is 0 Å². The molecule has 7 heteroatoms. The van der Waals surface area contributed by atoms with Crippen LogP contribution >= 0.6 is 11.6 Å². The Kier molecular flexibility index (Phi) is 6.60. The quantitative estimate of drug-likeness (QED) is 0.345. The van der Waals surface area contributed by atoms with Gasteiger partial charge in [-0.1, -0.05) is 41.9 Å². The van der Waals surface area contributed by atoms with Gasteiger partial charge in [-0.25, -0.2) is 4.98 Å². The van der Waals surface area contributed by atoms with Gasteiger partial charge in [-0.3, -0.25) is 0 Å². The molecule has 1 saturated heterocycles. The molecule has 4 aromatic rings. The van der Waals surface area contributed by atoms with Gasteiger partial charge in [0.2, 0.25) is 0 Å². The van der Waals surface area contributed by atoms with E-state index in [2.05, 4.69) is 16.3 Å². The lowest BCUT2D eigenvalue weighted by molar-refractivity contribution is 0.224. The second-order valence-electron chi connectivity index (χ2n) is 8.44. The fourth-order valence-corrected chi connectivity index (χ4v) is 4.55. The molecule has 1 N–H and O–H groups in total. The maximum Gasteiger partial charge on any atom is 0.147 e. The van der Waals surface area contributed by atoms with E-state index in [0.717, 1.165) is 46.6 Å². The summed E-state index contributed by atoms with van der Waals surface area (Å²) >= 11 is 6.01. The van der Waals surface area contributed by atoms with Gasteiger partial charge in [0.05, 0.1) is 24.9 Å². The molecule has 1 atom stereocenters. The molecule has 1 aromatic heterocycles. The highest BCUT2D eigenvalue weighted by atomic mass is 35.5. The molecule has 0 radical (unpaired) electrons. The third-order valence-electron chi connectivity index (χ3n) is 6.17. The largest absolute Gasteiger partial charge is 0.497 e. The monoisotopic (exact) mass is 484 g/mol. The minimum atomic E-state index is 0.0207. The first kappa shape index (κ1) is 22.8. The number of nitriles is 1. The van der Waals surface area contributed by atoms with E-state index in [4.69, 9.17) is 26.1 Å². The van der Waals surface area contributed by atoms with Crippen molar-refractivity contribution in [3.8, 4) is 17.6 Å². The highest BCUT2D eigenvalue weighted by Crippen LogP contribution is 2.36. The second kappa shape index (κ2) is 10.1. The smallest absolute Gasteiger partial charge is 0.147 e. The molecule has 5 rings (SSSR count). The number of halogens is 1. The number of benzene rings is 3. The molecular weight excluding hydrogens is 460 g/mol. The summed E-state index contributed by atoms with van der Waals surface area (Å²) in [4.78, 5) is 7.02. The lowest BCUT2D eigenvalue weighted by Gasteiger charge is -2.23. The standard InChI is InChI=1S/C28H25ClN4O2/c1-34-21-10-12-22(13-11-21)35-23-14-15-33(18-23)27-24-4-2-3-5-26(24)32-28(25(27)16-30)31-17-19-6-8-20(29)9-7-19/h2-13,23H,14-15,17-18H2,1H3,(H,31,32). The molecule has 1 aliphatic heterocycles. The van der Waals surface area contributed by atoms with E-state index in [1.54, 1.807) is 7.11 Å². The van der Waals surface area contributed by atoms with E-state index in [1.807, 2.05) is 72.8 Å². The van der Waals surface area contributed by atoms with E-state index in [0.29, 0.717) is 29.5 Å². The van der Waals surface area contributed by atoms with Crippen molar-refractivity contribution in [2.24, 2.45) is 0 Å². The van der Waals surface area contributed by atoms with Gasteiger partial charge in [0.1, 0.15) is 35.1 Å². The molecule has 0 bridgehead atoms. The molecule has 1 unspecified atom stereocenters. The Labute approximate surface area is 209 Å². The molecular formula is C28H25ClN4O2. The summed E-state index contributed by atoms with van der Waals surface area (Å²) in [5, 5.41) is 15.2. The third kappa shape index (κ3) is 4.96. The zero-order chi connectivity index (χ0) is 24.2. The Hall–Kier alpha value is -3.95. The summed E-state index contributed by atoms with van der Waals surface area (Å²) in [5.74, 6) is 2.18. The number of rotatable bonds is 7. The first-order chi connectivity index (χ1) is 17.1. The number of nitrogens with zero attached hydrogens (tertiary/aromatic N) is 3. The highest BCUT2D eigenvalue weighted by molar-refractivity contribution is 6.30. The first-order valence-electron chi connectivity index (χ1n) is 11.5. The summed E-state index contributed by atoms with van der Waals surface area (Å²) < 4.78 is 11.5. The number of aromatic nitrogens is 1. The zero-order valence-electron chi connectivity index (χ0n) is 19.4. The molecule has 0 spiro atoms.